The zero-order valence-electron chi connectivity index (χ0n) is 26.6. The molecule has 8 aromatic rings. The molecule has 0 atom stereocenters. The van der Waals surface area contributed by atoms with Crippen LogP contribution in [0.4, 0.5) is 0 Å². The van der Waals surface area contributed by atoms with Gasteiger partial charge < -0.3 is 19.2 Å². The minimum Gasteiger partial charge on any atom is -0.423 e. The van der Waals surface area contributed by atoms with Gasteiger partial charge in [-0.15, -0.1) is 0 Å². The van der Waals surface area contributed by atoms with Crippen LogP contribution >= 0.6 is 11.6 Å². The summed E-state index contributed by atoms with van der Waals surface area (Å²) < 4.78 is 4.17. The molecule has 4 aromatic carbocycles. The van der Waals surface area contributed by atoms with Crippen LogP contribution in [0.15, 0.2) is 158 Å². The zero-order valence-corrected chi connectivity index (χ0v) is 27.4. The number of benzene rings is 4. The highest BCUT2D eigenvalue weighted by Crippen LogP contribution is 2.24. The van der Waals surface area contributed by atoms with Crippen molar-refractivity contribution in [2.75, 3.05) is 0 Å². The molecule has 2 N–H and O–H groups in total. The van der Waals surface area contributed by atoms with Crippen molar-refractivity contribution in [1.82, 2.24) is 19.1 Å². The first-order chi connectivity index (χ1) is 23.3. The summed E-state index contributed by atoms with van der Waals surface area (Å²) in [5.41, 5.74) is 9.23. The van der Waals surface area contributed by atoms with Gasteiger partial charge in [-0.1, -0.05) is 71.3 Å². The Morgan fingerprint density at radius 2 is 1.08 bits per heavy atom. The summed E-state index contributed by atoms with van der Waals surface area (Å²) in [5, 5.41) is 20.2. The Kier molecular flexibility index (Phi) is 10.1. The first-order valence-corrected chi connectivity index (χ1v) is 15.9. The number of hydrogen-bond acceptors (Lipinski definition) is 4. The predicted octanol–water partition coefficient (Wildman–Crippen LogP) is 8.35. The third kappa shape index (κ3) is 8.08. The fraction of sp³-hybridized carbons (Fsp3) is 0.0500. The third-order valence-electron chi connectivity index (χ3n) is 7.77. The Bertz CT molecular complexity index is 2270. The molecular formula is C40H34BClN4O2. The summed E-state index contributed by atoms with van der Waals surface area (Å²) in [4.78, 5) is 9.05. The smallest absolute Gasteiger partial charge is 0.423 e. The quantitative estimate of drug-likeness (QED) is 0.149. The van der Waals surface area contributed by atoms with E-state index in [0.29, 0.717) is 10.6 Å². The van der Waals surface area contributed by atoms with Crippen LogP contribution in [-0.4, -0.2) is 36.3 Å². The van der Waals surface area contributed by atoms with E-state index in [-0.39, 0.29) is 0 Å². The van der Waals surface area contributed by atoms with Gasteiger partial charge in [-0.25, -0.2) is 9.97 Å². The second-order valence-electron chi connectivity index (χ2n) is 11.4. The summed E-state index contributed by atoms with van der Waals surface area (Å²) in [7, 11) is -1.35. The van der Waals surface area contributed by atoms with Crippen LogP contribution in [0.5, 0.6) is 0 Å². The molecule has 48 heavy (non-hydrogen) atoms. The van der Waals surface area contributed by atoms with Gasteiger partial charge in [0, 0.05) is 52.5 Å². The summed E-state index contributed by atoms with van der Waals surface area (Å²) in [6.45, 7) is 4.01. The number of aryl methyl sites for hydroxylation is 2. The molecule has 8 heteroatoms. The topological polar surface area (TPSA) is 76.1 Å². The molecule has 0 fully saturated rings. The lowest BCUT2D eigenvalue weighted by Crippen LogP contribution is -2.29. The summed E-state index contributed by atoms with van der Waals surface area (Å²) in [6.07, 6.45) is 8.14. The minimum absolute atomic E-state index is 0.529. The summed E-state index contributed by atoms with van der Waals surface area (Å²) in [5.74, 6) is 0. The third-order valence-corrected chi connectivity index (χ3v) is 7.98. The number of fused-ring (bicyclic) bond motifs is 2. The number of rotatable bonds is 4. The molecule has 4 aromatic heterocycles. The number of aromatic nitrogens is 4. The second kappa shape index (κ2) is 15.0. The molecule has 0 radical (unpaired) electrons. The maximum atomic E-state index is 8.70. The molecule has 4 heterocycles. The number of pyridine rings is 2. The lowest BCUT2D eigenvalue weighted by atomic mass is 9.80. The van der Waals surface area contributed by atoms with E-state index in [4.69, 9.17) is 26.6 Å². The molecule has 0 unspecified atom stereocenters. The monoisotopic (exact) mass is 648 g/mol. The van der Waals surface area contributed by atoms with Gasteiger partial charge in [0.1, 0.15) is 5.15 Å². The maximum Gasteiger partial charge on any atom is 0.488 e. The number of halogens is 1. The van der Waals surface area contributed by atoms with E-state index in [1.54, 1.807) is 18.2 Å². The fourth-order valence-corrected chi connectivity index (χ4v) is 5.49. The van der Waals surface area contributed by atoms with Crippen LogP contribution in [0.3, 0.4) is 0 Å². The van der Waals surface area contributed by atoms with Gasteiger partial charge in [-0.3, -0.25) is 0 Å². The van der Waals surface area contributed by atoms with Crippen molar-refractivity contribution in [3.8, 4) is 22.6 Å². The van der Waals surface area contributed by atoms with Crippen molar-refractivity contribution in [1.29, 1.82) is 0 Å². The molecule has 0 saturated carbocycles. The Morgan fingerprint density at radius 1 is 0.542 bits per heavy atom. The van der Waals surface area contributed by atoms with E-state index >= 15 is 0 Å². The standard InChI is InChI=1S/C20H16N2.C13H9ClN2.C7H9BO2/c1-15-5-4-6-16(13-15)19-9-7-17-14-18(8-10-20(17)21-19)22-11-2-3-12-22;14-13-6-3-10-9-11(4-5-12(10)15-13)16-7-1-2-8-16;1-6-3-2-4-7(5-6)8(9)10/h2-14H,1H3;1-9H;2-5,9-10H,1H3. The molecule has 0 spiro atoms. The number of nitrogens with zero attached hydrogens (tertiary/aromatic N) is 4. The Morgan fingerprint density at radius 3 is 1.62 bits per heavy atom. The van der Waals surface area contributed by atoms with Crippen molar-refractivity contribution < 1.29 is 10.0 Å². The van der Waals surface area contributed by atoms with Gasteiger partial charge in [0.15, 0.2) is 0 Å². The Hall–Kier alpha value is -5.47. The SMILES string of the molecule is Cc1cccc(-c2ccc3cc(-n4cccc4)ccc3n2)c1.Cc1cccc(B(O)O)c1.Clc1ccc2cc(-n3cccc3)ccc2n1. The molecule has 0 aliphatic rings. The average molecular weight is 649 g/mol. The van der Waals surface area contributed by atoms with Gasteiger partial charge in [0.2, 0.25) is 0 Å². The van der Waals surface area contributed by atoms with Crippen molar-refractivity contribution in [3.63, 3.8) is 0 Å². The minimum atomic E-state index is -1.35. The first kappa shape index (κ1) is 32.5. The predicted molar refractivity (Wildman–Crippen MR) is 198 cm³/mol. The lowest BCUT2D eigenvalue weighted by Gasteiger charge is -2.07. The molecular weight excluding hydrogens is 615 g/mol. The van der Waals surface area contributed by atoms with Gasteiger partial charge in [0.25, 0.3) is 0 Å². The fourth-order valence-electron chi connectivity index (χ4n) is 5.33. The normalized spacial score (nSPS) is 10.6. The van der Waals surface area contributed by atoms with Crippen molar-refractivity contribution in [3.05, 3.63) is 175 Å². The van der Waals surface area contributed by atoms with E-state index in [2.05, 4.69) is 94.1 Å². The van der Waals surface area contributed by atoms with E-state index in [1.807, 2.05) is 73.9 Å². The van der Waals surface area contributed by atoms with E-state index in [0.717, 1.165) is 50.0 Å². The highest BCUT2D eigenvalue weighted by molar-refractivity contribution is 6.58. The van der Waals surface area contributed by atoms with Gasteiger partial charge in [-0.05, 0) is 104 Å². The van der Waals surface area contributed by atoms with Crippen molar-refractivity contribution >= 4 is 46.0 Å². The highest BCUT2D eigenvalue weighted by Gasteiger charge is 2.09. The van der Waals surface area contributed by atoms with Crippen LogP contribution in [0.2, 0.25) is 5.15 Å². The van der Waals surface area contributed by atoms with E-state index < -0.39 is 7.12 Å². The number of hydrogen-bond donors (Lipinski definition) is 2. The molecule has 0 saturated heterocycles. The molecule has 236 valence electrons. The lowest BCUT2D eigenvalue weighted by molar-refractivity contribution is 0.425. The van der Waals surface area contributed by atoms with Crippen LogP contribution in [0.1, 0.15) is 11.1 Å². The summed E-state index contributed by atoms with van der Waals surface area (Å²) >= 11 is 5.84. The molecule has 0 amide bonds. The first-order valence-electron chi connectivity index (χ1n) is 15.6. The largest absolute Gasteiger partial charge is 0.488 e. The molecule has 0 aliphatic carbocycles. The van der Waals surface area contributed by atoms with Crippen LogP contribution in [0, 0.1) is 13.8 Å². The van der Waals surface area contributed by atoms with Gasteiger partial charge >= 0.3 is 7.12 Å². The van der Waals surface area contributed by atoms with Crippen LogP contribution < -0.4 is 5.46 Å². The van der Waals surface area contributed by atoms with E-state index in [9.17, 15) is 0 Å². The summed E-state index contributed by atoms with van der Waals surface area (Å²) in [6, 6.07) is 44.2. The van der Waals surface area contributed by atoms with Gasteiger partial charge in [-0.2, -0.15) is 0 Å². The maximum absolute atomic E-state index is 8.70. The second-order valence-corrected chi connectivity index (χ2v) is 11.8. The highest BCUT2D eigenvalue weighted by atomic mass is 35.5. The van der Waals surface area contributed by atoms with Crippen LogP contribution in [-0.2, 0) is 0 Å². The van der Waals surface area contributed by atoms with Gasteiger partial charge in [0.05, 0.1) is 16.7 Å². The van der Waals surface area contributed by atoms with Crippen LogP contribution in [0.25, 0.3) is 44.4 Å². The Balaban J connectivity index is 0.000000135. The zero-order chi connectivity index (χ0) is 33.5. The molecule has 0 aliphatic heterocycles. The Labute approximate surface area is 285 Å². The van der Waals surface area contributed by atoms with E-state index in [1.165, 1.54) is 5.56 Å². The van der Waals surface area contributed by atoms with Crippen molar-refractivity contribution in [2.45, 2.75) is 13.8 Å². The average Bonchev–Trinajstić information content (AvgIpc) is 3.84. The van der Waals surface area contributed by atoms with Crippen molar-refractivity contribution in [2.24, 2.45) is 0 Å². The molecule has 8 rings (SSSR count). The molecule has 0 bridgehead atoms. The molecule has 6 nitrogen and oxygen atoms in total.